The minimum Gasteiger partial charge on any atom is -0.311 e. The zero-order valence-corrected chi connectivity index (χ0v) is 18.8. The van der Waals surface area contributed by atoms with Crippen LogP contribution in [-0.4, -0.2) is 15.3 Å². The summed E-state index contributed by atoms with van der Waals surface area (Å²) in [4.78, 5) is 28.4. The summed E-state index contributed by atoms with van der Waals surface area (Å²) >= 11 is 0. The van der Waals surface area contributed by atoms with Crippen LogP contribution in [0.5, 0.6) is 0 Å². The monoisotopic (exact) mass is 415 g/mol. The number of aromatic nitrogens is 2. The molecule has 0 aliphatic heterocycles. The second-order valence-electron chi connectivity index (χ2n) is 7.15. The van der Waals surface area contributed by atoms with E-state index < -0.39 is 0 Å². The molecule has 1 aliphatic carbocycles. The second kappa shape index (κ2) is 12.4. The van der Waals surface area contributed by atoms with E-state index in [0.29, 0.717) is 12.1 Å². The molecule has 0 spiro atoms. The van der Waals surface area contributed by atoms with Gasteiger partial charge in [0.05, 0.1) is 0 Å². The molecule has 3 rings (SSSR count). The van der Waals surface area contributed by atoms with Crippen LogP contribution in [0, 0.1) is 6.42 Å². The van der Waals surface area contributed by atoms with Crippen molar-refractivity contribution in [1.82, 2.24) is 9.55 Å². The molecule has 0 unspecified atom stereocenters. The van der Waals surface area contributed by atoms with Crippen molar-refractivity contribution in [3.05, 3.63) is 118 Å². The summed E-state index contributed by atoms with van der Waals surface area (Å²) in [6, 6.07) is 7.10. The Balaban J connectivity index is 0.00000166. The van der Waals surface area contributed by atoms with Gasteiger partial charge in [0.25, 0.3) is 5.56 Å². The summed E-state index contributed by atoms with van der Waals surface area (Å²) in [6.45, 7) is 8.58. The van der Waals surface area contributed by atoms with E-state index in [1.54, 1.807) is 29.1 Å². The first-order valence-electron chi connectivity index (χ1n) is 10.7. The molecule has 2 aromatic rings. The summed E-state index contributed by atoms with van der Waals surface area (Å²) in [5.41, 5.74) is 4.69. The van der Waals surface area contributed by atoms with E-state index in [9.17, 15) is 9.59 Å². The number of ketones is 1. The maximum atomic E-state index is 12.2. The molecule has 2 aromatic heterocycles. The summed E-state index contributed by atoms with van der Waals surface area (Å²) in [7, 11) is 0. The molecule has 0 aromatic carbocycles. The zero-order chi connectivity index (χ0) is 22.6. The number of hydrogen-bond acceptors (Lipinski definition) is 3. The van der Waals surface area contributed by atoms with Gasteiger partial charge in [-0.15, -0.1) is 0 Å². The molecule has 1 radical (unpaired) electrons. The molecule has 0 bridgehead atoms. The Labute approximate surface area is 185 Å². The molecule has 0 atom stereocenters. The fourth-order valence-electron chi connectivity index (χ4n) is 2.97. The van der Waals surface area contributed by atoms with Gasteiger partial charge in [0.15, 0.2) is 5.78 Å². The number of hydrogen-bond donors (Lipinski definition) is 0. The maximum Gasteiger partial charge on any atom is 0.250 e. The van der Waals surface area contributed by atoms with E-state index in [2.05, 4.69) is 23.2 Å². The largest absolute Gasteiger partial charge is 0.311 e. The molecule has 0 N–H and O–H groups in total. The highest BCUT2D eigenvalue weighted by Crippen LogP contribution is 2.23. The van der Waals surface area contributed by atoms with Gasteiger partial charge < -0.3 is 4.57 Å². The van der Waals surface area contributed by atoms with Crippen molar-refractivity contribution in [2.24, 2.45) is 0 Å². The standard InChI is InChI=1S/C25H25N2O2.C2H6/c1-3-4-7-20(10-9-19(2)18-27-13-6-5-8-24(27)28)14-21-15-23(17-26-16-21)25(29)22-11-12-22;1-2/h3-6,8-13,15-17H,7,14,18H2,1-2H3;1-2H3/b4-3+,19-9+,20-10+;. The lowest BCUT2D eigenvalue weighted by molar-refractivity contribution is 0.104. The van der Waals surface area contributed by atoms with Gasteiger partial charge in [0.2, 0.25) is 0 Å². The molecule has 0 saturated heterocycles. The Morgan fingerprint density at radius 1 is 1.16 bits per heavy atom. The molecule has 4 heteroatoms. The number of carbonyl (C=O) groups is 1. The number of allylic oxidation sites excluding steroid dienone is 8. The fourth-order valence-corrected chi connectivity index (χ4v) is 2.97. The van der Waals surface area contributed by atoms with Crippen LogP contribution < -0.4 is 5.56 Å². The van der Waals surface area contributed by atoms with Gasteiger partial charge in [-0.2, -0.15) is 0 Å². The van der Waals surface area contributed by atoms with Crippen molar-refractivity contribution in [2.75, 3.05) is 0 Å². The van der Waals surface area contributed by atoms with Crippen LogP contribution in [0.2, 0.25) is 0 Å². The van der Waals surface area contributed by atoms with Gasteiger partial charge in [-0.1, -0.05) is 61.4 Å². The average molecular weight is 416 g/mol. The first-order valence-corrected chi connectivity index (χ1v) is 10.7. The topological polar surface area (TPSA) is 52.0 Å². The molecule has 1 aliphatic rings. The van der Waals surface area contributed by atoms with Crippen LogP contribution >= 0.6 is 0 Å². The van der Waals surface area contributed by atoms with Crippen LogP contribution in [-0.2, 0) is 13.0 Å². The van der Waals surface area contributed by atoms with Crippen molar-refractivity contribution in [1.29, 1.82) is 0 Å². The Bertz CT molecular complexity index is 1070. The lowest BCUT2D eigenvalue weighted by atomic mass is 10.00. The first kappa shape index (κ1) is 24.0. The highest BCUT2D eigenvalue weighted by atomic mass is 16.1. The SMILES string of the molecule is C/C=C/C/C(=C\C=C(/C)Cn1ccccc1=O)Cc1cncc(C(=O)C2=C[CH]2)c1.CC. The third kappa shape index (κ3) is 7.82. The number of rotatable bonds is 9. The normalized spacial score (nSPS) is 13.5. The Morgan fingerprint density at radius 2 is 1.94 bits per heavy atom. The van der Waals surface area contributed by atoms with Crippen LogP contribution in [0.25, 0.3) is 0 Å². The fraction of sp³-hybridized carbons (Fsp3) is 0.259. The number of Topliss-reactive ketones (excluding diaryl/α,β-unsaturated/α-hetero) is 1. The molecule has 2 heterocycles. The van der Waals surface area contributed by atoms with E-state index in [-0.39, 0.29) is 11.3 Å². The van der Waals surface area contributed by atoms with Gasteiger partial charge in [-0.05, 0) is 44.4 Å². The van der Waals surface area contributed by atoms with Gasteiger partial charge in [0.1, 0.15) is 0 Å². The van der Waals surface area contributed by atoms with Crippen molar-refractivity contribution in [2.45, 2.75) is 47.1 Å². The van der Waals surface area contributed by atoms with E-state index in [4.69, 9.17) is 0 Å². The number of carbonyl (C=O) groups excluding carboxylic acids is 1. The molecule has 31 heavy (non-hydrogen) atoms. The van der Waals surface area contributed by atoms with Gasteiger partial charge in [-0.3, -0.25) is 14.6 Å². The number of nitrogens with zero attached hydrogens (tertiary/aromatic N) is 2. The predicted octanol–water partition coefficient (Wildman–Crippen LogP) is 5.68. The highest BCUT2D eigenvalue weighted by Gasteiger charge is 2.19. The van der Waals surface area contributed by atoms with Crippen molar-refractivity contribution < 1.29 is 4.79 Å². The molecule has 0 amide bonds. The van der Waals surface area contributed by atoms with Gasteiger partial charge in [-0.25, -0.2) is 0 Å². The van der Waals surface area contributed by atoms with Crippen molar-refractivity contribution in [3.8, 4) is 0 Å². The zero-order valence-electron chi connectivity index (χ0n) is 18.8. The lowest BCUT2D eigenvalue weighted by Gasteiger charge is -2.07. The summed E-state index contributed by atoms with van der Waals surface area (Å²) < 4.78 is 1.69. The summed E-state index contributed by atoms with van der Waals surface area (Å²) in [6.07, 6.45) is 18.7. The molecule has 4 nitrogen and oxygen atoms in total. The Morgan fingerprint density at radius 3 is 2.61 bits per heavy atom. The third-order valence-electron chi connectivity index (χ3n) is 4.62. The van der Waals surface area contributed by atoms with Crippen LogP contribution in [0.15, 0.2) is 94.7 Å². The number of pyridine rings is 2. The molecule has 161 valence electrons. The Hall–Kier alpha value is -3.27. The summed E-state index contributed by atoms with van der Waals surface area (Å²) in [5, 5.41) is 0. The van der Waals surface area contributed by atoms with E-state index in [1.165, 1.54) is 5.57 Å². The van der Waals surface area contributed by atoms with Crippen LogP contribution in [0.3, 0.4) is 0 Å². The van der Waals surface area contributed by atoms with E-state index in [1.807, 2.05) is 64.6 Å². The lowest BCUT2D eigenvalue weighted by Crippen LogP contribution is -2.18. The second-order valence-corrected chi connectivity index (χ2v) is 7.15. The molecule has 0 fully saturated rings. The first-order chi connectivity index (χ1) is 15.1. The average Bonchev–Trinajstić information content (AvgIpc) is 3.64. The molecular formula is C27H31N2O2. The van der Waals surface area contributed by atoms with Gasteiger partial charge in [0, 0.05) is 48.8 Å². The smallest absolute Gasteiger partial charge is 0.250 e. The van der Waals surface area contributed by atoms with Crippen molar-refractivity contribution in [3.63, 3.8) is 0 Å². The summed E-state index contributed by atoms with van der Waals surface area (Å²) in [5.74, 6) is 0.0300. The third-order valence-corrected chi connectivity index (χ3v) is 4.62. The Kier molecular flexibility index (Phi) is 9.63. The van der Waals surface area contributed by atoms with E-state index >= 15 is 0 Å². The van der Waals surface area contributed by atoms with Crippen molar-refractivity contribution >= 4 is 5.78 Å². The quantitative estimate of drug-likeness (QED) is 0.301. The molecule has 0 saturated carbocycles. The van der Waals surface area contributed by atoms with Crippen LogP contribution in [0.4, 0.5) is 0 Å². The minimum atomic E-state index is -0.00560. The maximum absolute atomic E-state index is 12.2. The molecular weight excluding hydrogens is 384 g/mol. The minimum absolute atomic E-state index is 0.00560. The van der Waals surface area contributed by atoms with E-state index in [0.717, 1.165) is 29.6 Å². The highest BCUT2D eigenvalue weighted by molar-refractivity contribution is 6.13. The predicted molar refractivity (Wildman–Crippen MR) is 128 cm³/mol. The van der Waals surface area contributed by atoms with Crippen LogP contribution in [0.1, 0.15) is 50.0 Å². The van der Waals surface area contributed by atoms with Gasteiger partial charge >= 0.3 is 0 Å².